The fraction of sp³-hybridized carbons (Fsp3) is 0.250. The van der Waals surface area contributed by atoms with Gasteiger partial charge in [-0.15, -0.1) is 0 Å². The molecule has 1 heterocycles. The van der Waals surface area contributed by atoms with Crippen LogP contribution in [0, 0.1) is 0 Å². The quantitative estimate of drug-likeness (QED) is 0.469. The predicted molar refractivity (Wildman–Crippen MR) is 109 cm³/mol. The second kappa shape index (κ2) is 11.1. The lowest BCUT2D eigenvalue weighted by atomic mass is 10.2. The minimum absolute atomic E-state index is 0.0235. The minimum Gasteiger partial charge on any atom is -0.493 e. The Hall–Kier alpha value is -3.14. The van der Waals surface area contributed by atoms with Crippen molar-refractivity contribution in [2.24, 2.45) is 0 Å². The molecule has 1 aromatic carbocycles. The van der Waals surface area contributed by atoms with Crippen LogP contribution in [0.5, 0.6) is 11.5 Å². The molecule has 0 unspecified atom stereocenters. The number of nitrogens with zero attached hydrogens (tertiary/aromatic N) is 1. The van der Waals surface area contributed by atoms with Gasteiger partial charge in [-0.3, -0.25) is 19.3 Å². The number of amides is 3. The number of thioether (sulfide) groups is 1. The van der Waals surface area contributed by atoms with Crippen LogP contribution in [0.3, 0.4) is 0 Å². The van der Waals surface area contributed by atoms with E-state index < -0.39 is 17.8 Å². The van der Waals surface area contributed by atoms with E-state index in [1.165, 1.54) is 37.5 Å². The van der Waals surface area contributed by atoms with Crippen molar-refractivity contribution in [2.45, 2.75) is 13.5 Å². The molecular formula is C20H20F2N2O5S. The zero-order chi connectivity index (χ0) is 22.1. The first-order valence-electron chi connectivity index (χ1n) is 8.81. The summed E-state index contributed by atoms with van der Waals surface area (Å²) in [7, 11) is 1.30. The summed E-state index contributed by atoms with van der Waals surface area (Å²) in [5, 5.41) is 2.12. The lowest BCUT2D eigenvalue weighted by molar-refractivity contribution is -0.123. The van der Waals surface area contributed by atoms with E-state index in [2.05, 4.69) is 10.1 Å². The first-order valence-corrected chi connectivity index (χ1v) is 9.62. The Morgan fingerprint density at radius 2 is 2.03 bits per heavy atom. The molecule has 1 N–H and O–H groups in total. The van der Waals surface area contributed by atoms with Crippen molar-refractivity contribution < 1.29 is 32.6 Å². The molecule has 2 rings (SSSR count). The summed E-state index contributed by atoms with van der Waals surface area (Å²) >= 11 is 0.751. The number of halogens is 2. The first kappa shape index (κ1) is 23.1. The Labute approximate surface area is 176 Å². The standard InChI is InChI=1S/C20H20F2N2O5S/c1-3-4-5-6-17(25)23-9-10-24-18(26)16(30-20(24)27)12-13-7-8-14(29-19(21)22)15(11-13)28-2/h3-8,11-12,19H,9-10H2,1-2H3,(H,23,25)/b4-3+,6-5+,16-12-. The van der Waals surface area contributed by atoms with Gasteiger partial charge in [0.2, 0.25) is 5.91 Å². The number of ether oxygens (including phenoxy) is 2. The van der Waals surface area contributed by atoms with Crippen LogP contribution in [-0.2, 0) is 9.59 Å². The number of imide groups is 1. The third kappa shape index (κ3) is 6.45. The average molecular weight is 438 g/mol. The van der Waals surface area contributed by atoms with E-state index in [0.717, 1.165) is 16.7 Å². The third-order valence-electron chi connectivity index (χ3n) is 3.76. The summed E-state index contributed by atoms with van der Waals surface area (Å²) in [5.74, 6) is -0.918. The normalized spacial score (nSPS) is 15.8. The van der Waals surface area contributed by atoms with Crippen LogP contribution >= 0.6 is 11.8 Å². The van der Waals surface area contributed by atoms with Gasteiger partial charge in [0.25, 0.3) is 11.1 Å². The molecule has 0 saturated carbocycles. The zero-order valence-corrected chi connectivity index (χ0v) is 17.1. The number of hydrogen-bond acceptors (Lipinski definition) is 6. The van der Waals surface area contributed by atoms with E-state index in [-0.39, 0.29) is 35.4 Å². The number of rotatable bonds is 9. The minimum atomic E-state index is -3.00. The van der Waals surface area contributed by atoms with E-state index >= 15 is 0 Å². The highest BCUT2D eigenvalue weighted by molar-refractivity contribution is 8.18. The number of alkyl halides is 2. The number of benzene rings is 1. The molecule has 1 saturated heterocycles. The van der Waals surface area contributed by atoms with Crippen LogP contribution < -0.4 is 14.8 Å². The molecule has 10 heteroatoms. The van der Waals surface area contributed by atoms with Gasteiger partial charge in [0, 0.05) is 19.2 Å². The number of methoxy groups -OCH3 is 1. The van der Waals surface area contributed by atoms with Gasteiger partial charge in [-0.2, -0.15) is 8.78 Å². The molecule has 0 atom stereocenters. The van der Waals surface area contributed by atoms with Gasteiger partial charge in [-0.25, -0.2) is 0 Å². The molecule has 1 aliphatic heterocycles. The van der Waals surface area contributed by atoms with E-state index in [9.17, 15) is 23.2 Å². The Morgan fingerprint density at radius 1 is 1.27 bits per heavy atom. The number of carbonyl (C=O) groups excluding carboxylic acids is 3. The van der Waals surface area contributed by atoms with Gasteiger partial charge < -0.3 is 14.8 Å². The number of allylic oxidation sites excluding steroid dienone is 3. The summed E-state index contributed by atoms with van der Waals surface area (Å²) < 4.78 is 34.2. The lowest BCUT2D eigenvalue weighted by Crippen LogP contribution is -2.36. The molecule has 1 aliphatic rings. The average Bonchev–Trinajstić information content (AvgIpc) is 2.96. The van der Waals surface area contributed by atoms with Crippen LogP contribution in [0.4, 0.5) is 13.6 Å². The highest BCUT2D eigenvalue weighted by atomic mass is 32.2. The smallest absolute Gasteiger partial charge is 0.387 e. The Kier molecular flexibility index (Phi) is 8.60. The molecule has 0 spiro atoms. The molecule has 3 amide bonds. The molecule has 160 valence electrons. The fourth-order valence-electron chi connectivity index (χ4n) is 2.42. The van der Waals surface area contributed by atoms with E-state index in [1.54, 1.807) is 18.2 Å². The summed E-state index contributed by atoms with van der Waals surface area (Å²) in [4.78, 5) is 37.4. The topological polar surface area (TPSA) is 84.9 Å². The lowest BCUT2D eigenvalue weighted by Gasteiger charge is -2.12. The largest absolute Gasteiger partial charge is 0.493 e. The van der Waals surface area contributed by atoms with Gasteiger partial charge in [0.15, 0.2) is 11.5 Å². The SMILES string of the molecule is C/C=C/C=C/C(=O)NCCN1C(=O)S/C(=C\c2ccc(OC(F)F)c(OC)c2)C1=O. The second-order valence-electron chi connectivity index (χ2n) is 5.80. The van der Waals surface area contributed by atoms with Crippen LogP contribution in [-0.4, -0.2) is 48.8 Å². The van der Waals surface area contributed by atoms with Gasteiger partial charge in [0.05, 0.1) is 12.0 Å². The molecule has 0 aromatic heterocycles. The number of carbonyl (C=O) groups is 3. The van der Waals surface area contributed by atoms with Crippen molar-refractivity contribution in [1.29, 1.82) is 0 Å². The van der Waals surface area contributed by atoms with Crippen LogP contribution in [0.1, 0.15) is 12.5 Å². The third-order valence-corrected chi connectivity index (χ3v) is 4.67. The molecule has 0 bridgehead atoms. The van der Waals surface area contributed by atoms with Crippen molar-refractivity contribution in [2.75, 3.05) is 20.2 Å². The summed E-state index contributed by atoms with van der Waals surface area (Å²) in [6, 6.07) is 4.17. The Balaban J connectivity index is 2.03. The van der Waals surface area contributed by atoms with E-state index in [0.29, 0.717) is 5.56 Å². The van der Waals surface area contributed by atoms with E-state index in [1.807, 2.05) is 6.92 Å². The maximum atomic E-state index is 12.5. The molecule has 0 radical (unpaired) electrons. The number of hydrogen-bond donors (Lipinski definition) is 1. The van der Waals surface area contributed by atoms with Gasteiger partial charge in [0.1, 0.15) is 0 Å². The highest BCUT2D eigenvalue weighted by Gasteiger charge is 2.34. The van der Waals surface area contributed by atoms with Crippen LogP contribution in [0.2, 0.25) is 0 Å². The van der Waals surface area contributed by atoms with Gasteiger partial charge in [-0.05, 0) is 42.5 Å². The fourth-order valence-corrected chi connectivity index (χ4v) is 3.28. The first-order chi connectivity index (χ1) is 14.3. The Bertz CT molecular complexity index is 899. The summed E-state index contributed by atoms with van der Waals surface area (Å²) in [5.41, 5.74) is 0.474. The maximum Gasteiger partial charge on any atom is 0.387 e. The summed E-state index contributed by atoms with van der Waals surface area (Å²) in [6.45, 7) is -1.05. The molecule has 7 nitrogen and oxygen atoms in total. The number of nitrogens with one attached hydrogen (secondary N) is 1. The van der Waals surface area contributed by atoms with Crippen molar-refractivity contribution in [3.63, 3.8) is 0 Å². The molecule has 0 aliphatic carbocycles. The maximum absolute atomic E-state index is 12.5. The molecule has 1 aromatic rings. The molecule has 30 heavy (non-hydrogen) atoms. The second-order valence-corrected chi connectivity index (χ2v) is 6.79. The van der Waals surface area contributed by atoms with Crippen LogP contribution in [0.25, 0.3) is 6.08 Å². The monoisotopic (exact) mass is 438 g/mol. The predicted octanol–water partition coefficient (Wildman–Crippen LogP) is 3.58. The van der Waals surface area contributed by atoms with Gasteiger partial charge >= 0.3 is 6.61 Å². The van der Waals surface area contributed by atoms with Crippen molar-refractivity contribution in [3.8, 4) is 11.5 Å². The molecular weight excluding hydrogens is 418 g/mol. The molecule has 1 fully saturated rings. The van der Waals surface area contributed by atoms with Crippen molar-refractivity contribution in [3.05, 3.63) is 53.0 Å². The zero-order valence-electron chi connectivity index (χ0n) is 16.3. The highest BCUT2D eigenvalue weighted by Crippen LogP contribution is 2.34. The van der Waals surface area contributed by atoms with E-state index in [4.69, 9.17) is 4.74 Å². The van der Waals surface area contributed by atoms with Gasteiger partial charge in [-0.1, -0.05) is 24.3 Å². The van der Waals surface area contributed by atoms with Crippen molar-refractivity contribution >= 4 is 34.9 Å². The summed E-state index contributed by atoms with van der Waals surface area (Å²) in [6.07, 6.45) is 7.83. The van der Waals surface area contributed by atoms with Crippen molar-refractivity contribution in [1.82, 2.24) is 10.2 Å². The Morgan fingerprint density at radius 3 is 2.70 bits per heavy atom. The van der Waals surface area contributed by atoms with Crippen LogP contribution in [0.15, 0.2) is 47.4 Å².